The average Bonchev–Trinajstić information content (AvgIpc) is 2.60. The largest absolute Gasteiger partial charge is 0.480 e. The van der Waals surface area contributed by atoms with Gasteiger partial charge in [0.1, 0.15) is 6.04 Å². The summed E-state index contributed by atoms with van der Waals surface area (Å²) in [5, 5.41) is 8.89. The lowest BCUT2D eigenvalue weighted by molar-refractivity contribution is -0.138. The summed E-state index contributed by atoms with van der Waals surface area (Å²) < 4.78 is 1.83. The molecule has 0 saturated heterocycles. The number of hydrogen-bond acceptors (Lipinski definition) is 3. The van der Waals surface area contributed by atoms with E-state index in [0.29, 0.717) is 0 Å². The van der Waals surface area contributed by atoms with Gasteiger partial charge in [-0.3, -0.25) is 4.79 Å². The molecule has 0 aromatic carbocycles. The van der Waals surface area contributed by atoms with Crippen LogP contribution in [0.2, 0.25) is 0 Å². The van der Waals surface area contributed by atoms with E-state index < -0.39 is 12.0 Å². The molecule has 0 spiro atoms. The van der Waals surface area contributed by atoms with E-state index in [0.717, 1.165) is 30.7 Å². The summed E-state index contributed by atoms with van der Waals surface area (Å²) in [5.41, 5.74) is 7.55. The maximum Gasteiger partial charge on any atom is 0.322 e. The molecule has 0 amide bonds. The van der Waals surface area contributed by atoms with Gasteiger partial charge in [0.25, 0.3) is 0 Å². The fourth-order valence-electron chi connectivity index (χ4n) is 1.96. The molecule has 0 radical (unpaired) electrons. The topological polar surface area (TPSA) is 81.1 Å². The maximum atomic E-state index is 10.7. The van der Waals surface area contributed by atoms with Crippen LogP contribution in [-0.4, -0.2) is 32.0 Å². The van der Waals surface area contributed by atoms with Crippen LogP contribution in [0.25, 0.3) is 0 Å². The molecule has 2 rings (SSSR count). The summed E-state index contributed by atoms with van der Waals surface area (Å²) in [6, 6.07) is -0.882. The fraction of sp³-hybridized carbons (Fsp3) is 0.600. The molecular weight excluding hydrogens is 230 g/mol. The molecule has 1 aromatic rings. The normalized spacial score (nSPS) is 21.5. The third-order valence-electron chi connectivity index (χ3n) is 2.85. The van der Waals surface area contributed by atoms with E-state index in [-0.39, 0.29) is 11.9 Å². The smallest absolute Gasteiger partial charge is 0.322 e. The lowest BCUT2D eigenvalue weighted by Crippen LogP contribution is -2.35. The number of carboxylic acids is 1. The van der Waals surface area contributed by atoms with E-state index in [1.165, 1.54) is 0 Å². The van der Waals surface area contributed by atoms with Gasteiger partial charge in [-0.05, 0) is 12.8 Å². The minimum absolute atomic E-state index is 0.143. The van der Waals surface area contributed by atoms with Crippen molar-refractivity contribution in [1.29, 1.82) is 0 Å². The number of fused-ring (bicyclic) bond motifs is 1. The van der Waals surface area contributed by atoms with Crippen LogP contribution >= 0.6 is 11.6 Å². The Morgan fingerprint density at radius 2 is 2.56 bits per heavy atom. The van der Waals surface area contributed by atoms with Crippen molar-refractivity contribution in [2.75, 3.05) is 0 Å². The number of nitrogens with zero attached hydrogens (tertiary/aromatic N) is 2. The number of carboxylic acid groups (broad SMARTS) is 1. The van der Waals surface area contributed by atoms with Crippen molar-refractivity contribution in [1.82, 2.24) is 9.55 Å². The Morgan fingerprint density at radius 3 is 3.25 bits per heavy atom. The van der Waals surface area contributed by atoms with Gasteiger partial charge in [0.2, 0.25) is 0 Å². The van der Waals surface area contributed by atoms with Gasteiger partial charge < -0.3 is 15.4 Å². The molecule has 1 aliphatic carbocycles. The monoisotopic (exact) mass is 243 g/mol. The highest BCUT2D eigenvalue weighted by molar-refractivity contribution is 6.20. The molecule has 0 saturated carbocycles. The van der Waals surface area contributed by atoms with Crippen molar-refractivity contribution in [3.05, 3.63) is 17.7 Å². The lowest BCUT2D eigenvalue weighted by atomic mass is 10.0. The number of rotatable bonds is 3. The predicted octanol–water partition coefficient (Wildman–Crippen LogP) is 0.391. The SMILES string of the molecule is N[C@H](Cn1cnc2c1CCC(Cl)C2)C(=O)O. The predicted molar refractivity (Wildman–Crippen MR) is 59.5 cm³/mol. The van der Waals surface area contributed by atoms with Gasteiger partial charge in [-0.25, -0.2) is 4.98 Å². The van der Waals surface area contributed by atoms with Crippen molar-refractivity contribution < 1.29 is 9.90 Å². The Labute approximate surface area is 98.2 Å². The van der Waals surface area contributed by atoms with E-state index in [9.17, 15) is 4.79 Å². The Balaban J connectivity index is 2.15. The van der Waals surface area contributed by atoms with E-state index in [2.05, 4.69) is 4.98 Å². The Hall–Kier alpha value is -1.07. The zero-order chi connectivity index (χ0) is 11.7. The molecule has 5 nitrogen and oxygen atoms in total. The minimum Gasteiger partial charge on any atom is -0.480 e. The number of aliphatic carboxylic acids is 1. The molecule has 0 fully saturated rings. The first-order chi connectivity index (χ1) is 7.58. The number of aromatic nitrogens is 2. The number of nitrogens with two attached hydrogens (primary N) is 1. The van der Waals surface area contributed by atoms with E-state index in [1.807, 2.05) is 4.57 Å². The summed E-state index contributed by atoms with van der Waals surface area (Å²) in [4.78, 5) is 14.9. The standard InChI is InChI=1S/C10H14ClN3O2/c11-6-1-2-9-8(3-6)13-5-14(9)4-7(12)10(15)16/h5-7H,1-4,12H2,(H,15,16)/t6?,7-/m1/s1. The molecule has 0 bridgehead atoms. The van der Waals surface area contributed by atoms with Gasteiger partial charge in [-0.2, -0.15) is 0 Å². The second-order valence-electron chi connectivity index (χ2n) is 4.08. The van der Waals surface area contributed by atoms with Crippen LogP contribution in [0.4, 0.5) is 0 Å². The molecule has 1 aliphatic rings. The zero-order valence-corrected chi connectivity index (χ0v) is 9.52. The Kier molecular flexibility index (Phi) is 3.16. The van der Waals surface area contributed by atoms with E-state index in [4.69, 9.17) is 22.4 Å². The number of hydrogen-bond donors (Lipinski definition) is 2. The first-order valence-corrected chi connectivity index (χ1v) is 5.67. The van der Waals surface area contributed by atoms with Crippen LogP contribution in [0.1, 0.15) is 17.8 Å². The molecular formula is C10H14ClN3O2. The van der Waals surface area contributed by atoms with Crippen LogP contribution in [0.5, 0.6) is 0 Å². The lowest BCUT2D eigenvalue weighted by Gasteiger charge is -2.18. The van der Waals surface area contributed by atoms with Crippen LogP contribution in [0, 0.1) is 0 Å². The van der Waals surface area contributed by atoms with Gasteiger partial charge in [0.05, 0.1) is 12.0 Å². The summed E-state index contributed by atoms with van der Waals surface area (Å²) in [6.07, 6.45) is 4.16. The van der Waals surface area contributed by atoms with Crippen molar-refractivity contribution in [3.63, 3.8) is 0 Å². The summed E-state index contributed by atoms with van der Waals surface area (Å²) in [7, 11) is 0. The third-order valence-corrected chi connectivity index (χ3v) is 3.23. The first-order valence-electron chi connectivity index (χ1n) is 5.23. The highest BCUT2D eigenvalue weighted by Crippen LogP contribution is 2.23. The minimum atomic E-state index is -0.992. The quantitative estimate of drug-likeness (QED) is 0.753. The second-order valence-corrected chi connectivity index (χ2v) is 4.69. The van der Waals surface area contributed by atoms with E-state index in [1.54, 1.807) is 6.33 Å². The summed E-state index contributed by atoms with van der Waals surface area (Å²) in [5.74, 6) is -0.992. The van der Waals surface area contributed by atoms with Crippen molar-refractivity contribution >= 4 is 17.6 Å². The van der Waals surface area contributed by atoms with Crippen molar-refractivity contribution in [2.45, 2.75) is 37.2 Å². The first kappa shape index (κ1) is 11.4. The molecule has 1 heterocycles. The van der Waals surface area contributed by atoms with Crippen LogP contribution in [-0.2, 0) is 24.2 Å². The van der Waals surface area contributed by atoms with E-state index >= 15 is 0 Å². The van der Waals surface area contributed by atoms with Crippen molar-refractivity contribution in [3.8, 4) is 0 Å². The van der Waals surface area contributed by atoms with Crippen LogP contribution < -0.4 is 5.73 Å². The Bertz CT molecular complexity index is 405. The molecule has 3 N–H and O–H groups in total. The van der Waals surface area contributed by atoms with Gasteiger partial charge in [0.15, 0.2) is 0 Å². The van der Waals surface area contributed by atoms with Gasteiger partial charge in [-0.15, -0.1) is 11.6 Å². The molecule has 16 heavy (non-hydrogen) atoms. The number of imidazole rings is 1. The summed E-state index contributed by atoms with van der Waals surface area (Å²) >= 11 is 6.04. The molecule has 0 aliphatic heterocycles. The molecule has 88 valence electrons. The maximum absolute atomic E-state index is 10.7. The zero-order valence-electron chi connectivity index (χ0n) is 8.77. The second kappa shape index (κ2) is 4.43. The van der Waals surface area contributed by atoms with Crippen LogP contribution in [0.15, 0.2) is 6.33 Å². The van der Waals surface area contributed by atoms with Gasteiger partial charge in [-0.1, -0.05) is 0 Å². The Morgan fingerprint density at radius 1 is 1.81 bits per heavy atom. The van der Waals surface area contributed by atoms with Gasteiger partial charge >= 0.3 is 5.97 Å². The highest BCUT2D eigenvalue weighted by Gasteiger charge is 2.22. The molecule has 1 aromatic heterocycles. The van der Waals surface area contributed by atoms with Crippen molar-refractivity contribution in [2.24, 2.45) is 5.73 Å². The number of halogens is 1. The average molecular weight is 244 g/mol. The molecule has 1 unspecified atom stereocenters. The highest BCUT2D eigenvalue weighted by atomic mass is 35.5. The molecule has 2 atom stereocenters. The molecule has 6 heteroatoms. The number of carbonyl (C=O) groups is 1. The third kappa shape index (κ3) is 2.20. The summed E-state index contributed by atoms with van der Waals surface area (Å²) in [6.45, 7) is 0.268. The van der Waals surface area contributed by atoms with Gasteiger partial charge in [0, 0.05) is 24.0 Å². The fourth-order valence-corrected chi connectivity index (χ4v) is 2.22. The van der Waals surface area contributed by atoms with Crippen LogP contribution in [0.3, 0.4) is 0 Å². The number of alkyl halides is 1.